The second-order valence-corrected chi connectivity index (χ2v) is 5.50. The molecule has 0 spiro atoms. The molecule has 3 heterocycles. The van der Waals surface area contributed by atoms with Gasteiger partial charge in [0, 0.05) is 13.0 Å². The monoisotopic (exact) mass is 311 g/mol. The lowest BCUT2D eigenvalue weighted by atomic mass is 10.1. The van der Waals surface area contributed by atoms with Crippen molar-refractivity contribution in [3.8, 4) is 6.07 Å². The van der Waals surface area contributed by atoms with Crippen molar-refractivity contribution in [2.24, 2.45) is 0 Å². The lowest BCUT2D eigenvalue weighted by molar-refractivity contribution is 0.0722. The minimum Gasteiger partial charge on any atom is -0.339 e. The molecule has 7 nitrogen and oxygen atoms in total. The Labute approximate surface area is 133 Å². The maximum atomic E-state index is 12.8. The van der Waals surface area contributed by atoms with Gasteiger partial charge in [-0.2, -0.15) is 10.2 Å². The number of aryl methyl sites for hydroxylation is 2. The van der Waals surface area contributed by atoms with Gasteiger partial charge in [-0.05, 0) is 31.9 Å². The second kappa shape index (κ2) is 6.16. The van der Waals surface area contributed by atoms with Crippen molar-refractivity contribution in [2.45, 2.75) is 39.2 Å². The van der Waals surface area contributed by atoms with Gasteiger partial charge in [0.15, 0.2) is 5.82 Å². The zero-order chi connectivity index (χ0) is 16.4. The van der Waals surface area contributed by atoms with Gasteiger partial charge in [0.2, 0.25) is 5.89 Å². The minimum atomic E-state index is -0.177. The molecule has 1 fully saturated rings. The first-order valence-electron chi connectivity index (χ1n) is 7.65. The molecular weight excluding hydrogens is 294 g/mol. The second-order valence-electron chi connectivity index (χ2n) is 5.50. The highest BCUT2D eigenvalue weighted by Gasteiger charge is 2.34. The van der Waals surface area contributed by atoms with Crippen LogP contribution in [0.5, 0.6) is 0 Å². The summed E-state index contributed by atoms with van der Waals surface area (Å²) in [6.45, 7) is 4.31. The van der Waals surface area contributed by atoms with Crippen molar-refractivity contribution in [1.82, 2.24) is 20.0 Å². The predicted molar refractivity (Wildman–Crippen MR) is 80.4 cm³/mol. The van der Waals surface area contributed by atoms with Gasteiger partial charge in [-0.15, -0.1) is 0 Å². The number of nitrogens with zero attached hydrogens (tertiary/aromatic N) is 5. The molecule has 0 saturated carbocycles. The van der Waals surface area contributed by atoms with Gasteiger partial charge in [-0.1, -0.05) is 12.1 Å². The molecule has 0 N–H and O–H groups in total. The molecule has 0 radical (unpaired) electrons. The molecule has 1 amide bonds. The van der Waals surface area contributed by atoms with Crippen LogP contribution in [0.2, 0.25) is 0 Å². The van der Waals surface area contributed by atoms with Gasteiger partial charge in [0.25, 0.3) is 5.91 Å². The highest BCUT2D eigenvalue weighted by atomic mass is 16.5. The summed E-state index contributed by atoms with van der Waals surface area (Å²) < 4.78 is 5.16. The first-order valence-corrected chi connectivity index (χ1v) is 7.65. The molecule has 1 aliphatic rings. The molecule has 0 aromatic carbocycles. The third-order valence-electron chi connectivity index (χ3n) is 4.02. The SMILES string of the molecule is CCc1nc([C@H]2CCCN2C(=O)c2ccc(C#N)c(C)n2)no1. The van der Waals surface area contributed by atoms with Crippen LogP contribution in [0.1, 0.15) is 59.3 Å². The molecule has 1 atom stereocenters. The fraction of sp³-hybridized carbons (Fsp3) is 0.438. The Hall–Kier alpha value is -2.75. The molecule has 7 heteroatoms. The number of aromatic nitrogens is 3. The number of hydrogen-bond donors (Lipinski definition) is 0. The first kappa shape index (κ1) is 15.2. The van der Waals surface area contributed by atoms with E-state index in [0.717, 1.165) is 12.8 Å². The average Bonchev–Trinajstić information content (AvgIpc) is 3.22. The van der Waals surface area contributed by atoms with Crippen molar-refractivity contribution >= 4 is 5.91 Å². The van der Waals surface area contributed by atoms with E-state index in [9.17, 15) is 4.79 Å². The van der Waals surface area contributed by atoms with Crippen LogP contribution in [0.3, 0.4) is 0 Å². The Bertz CT molecular complexity index is 777. The number of pyridine rings is 1. The summed E-state index contributed by atoms with van der Waals surface area (Å²) in [5.74, 6) is 0.965. The van der Waals surface area contributed by atoms with Gasteiger partial charge in [0.05, 0.1) is 17.3 Å². The zero-order valence-electron chi connectivity index (χ0n) is 13.1. The normalized spacial score (nSPS) is 17.3. The summed E-state index contributed by atoms with van der Waals surface area (Å²) in [5, 5.41) is 13.0. The smallest absolute Gasteiger partial charge is 0.273 e. The lowest BCUT2D eigenvalue weighted by Gasteiger charge is -2.21. The van der Waals surface area contributed by atoms with Crippen LogP contribution in [0.25, 0.3) is 0 Å². The number of nitriles is 1. The van der Waals surface area contributed by atoms with E-state index in [0.29, 0.717) is 41.6 Å². The van der Waals surface area contributed by atoms with Gasteiger partial charge < -0.3 is 9.42 Å². The number of carbonyl (C=O) groups excluding carboxylic acids is 1. The highest BCUT2D eigenvalue weighted by molar-refractivity contribution is 5.92. The van der Waals surface area contributed by atoms with Gasteiger partial charge in [-0.25, -0.2) is 4.98 Å². The maximum Gasteiger partial charge on any atom is 0.273 e. The molecule has 1 saturated heterocycles. The Morgan fingerprint density at radius 1 is 1.48 bits per heavy atom. The van der Waals surface area contributed by atoms with E-state index < -0.39 is 0 Å². The van der Waals surface area contributed by atoms with Crippen molar-refractivity contribution < 1.29 is 9.32 Å². The number of likely N-dealkylation sites (tertiary alicyclic amines) is 1. The maximum absolute atomic E-state index is 12.8. The van der Waals surface area contributed by atoms with E-state index in [-0.39, 0.29) is 11.9 Å². The van der Waals surface area contributed by atoms with Crippen LogP contribution >= 0.6 is 0 Å². The van der Waals surface area contributed by atoms with Crippen LogP contribution in [0.4, 0.5) is 0 Å². The summed E-state index contributed by atoms with van der Waals surface area (Å²) >= 11 is 0. The van der Waals surface area contributed by atoms with E-state index >= 15 is 0 Å². The minimum absolute atomic E-state index is 0.164. The van der Waals surface area contributed by atoms with Crippen LogP contribution in [-0.4, -0.2) is 32.5 Å². The number of rotatable bonds is 3. The fourth-order valence-electron chi connectivity index (χ4n) is 2.77. The Balaban J connectivity index is 1.86. The van der Waals surface area contributed by atoms with Crippen molar-refractivity contribution in [1.29, 1.82) is 5.26 Å². The number of amides is 1. The van der Waals surface area contributed by atoms with E-state index in [4.69, 9.17) is 9.78 Å². The predicted octanol–water partition coefficient (Wildman–Crippen LogP) is 2.18. The quantitative estimate of drug-likeness (QED) is 0.862. The molecule has 2 aromatic heterocycles. The lowest BCUT2D eigenvalue weighted by Crippen LogP contribution is -2.31. The molecule has 118 valence electrons. The Kier molecular flexibility index (Phi) is 4.06. The molecule has 0 unspecified atom stereocenters. The number of hydrogen-bond acceptors (Lipinski definition) is 6. The average molecular weight is 311 g/mol. The molecule has 3 rings (SSSR count). The summed E-state index contributed by atoms with van der Waals surface area (Å²) in [7, 11) is 0. The van der Waals surface area contributed by atoms with E-state index in [1.165, 1.54) is 0 Å². The molecule has 2 aromatic rings. The molecular formula is C16H17N5O2. The molecule has 0 bridgehead atoms. The van der Waals surface area contributed by atoms with Gasteiger partial charge in [0.1, 0.15) is 11.8 Å². The van der Waals surface area contributed by atoms with E-state index in [2.05, 4.69) is 21.2 Å². The zero-order valence-corrected chi connectivity index (χ0v) is 13.1. The van der Waals surface area contributed by atoms with Crippen LogP contribution in [0.15, 0.2) is 16.7 Å². The topological polar surface area (TPSA) is 95.9 Å². The Morgan fingerprint density at radius 2 is 2.30 bits per heavy atom. The summed E-state index contributed by atoms with van der Waals surface area (Å²) in [6, 6.07) is 5.10. The molecule has 23 heavy (non-hydrogen) atoms. The summed E-state index contributed by atoms with van der Waals surface area (Å²) in [6.07, 6.45) is 2.37. The highest BCUT2D eigenvalue weighted by Crippen LogP contribution is 2.31. The van der Waals surface area contributed by atoms with Crippen molar-refractivity contribution in [3.05, 3.63) is 40.8 Å². The molecule has 1 aliphatic heterocycles. The molecule has 0 aliphatic carbocycles. The largest absolute Gasteiger partial charge is 0.339 e. The first-order chi connectivity index (χ1) is 11.1. The Morgan fingerprint density at radius 3 is 2.96 bits per heavy atom. The van der Waals surface area contributed by atoms with Gasteiger partial charge >= 0.3 is 0 Å². The van der Waals surface area contributed by atoms with Crippen LogP contribution in [0, 0.1) is 18.3 Å². The summed E-state index contributed by atoms with van der Waals surface area (Å²) in [4.78, 5) is 23.1. The van der Waals surface area contributed by atoms with E-state index in [1.807, 2.05) is 6.92 Å². The fourth-order valence-corrected chi connectivity index (χ4v) is 2.77. The third kappa shape index (κ3) is 2.80. The third-order valence-corrected chi connectivity index (χ3v) is 4.02. The van der Waals surface area contributed by atoms with Crippen LogP contribution < -0.4 is 0 Å². The van der Waals surface area contributed by atoms with Crippen molar-refractivity contribution in [3.63, 3.8) is 0 Å². The van der Waals surface area contributed by atoms with Crippen molar-refractivity contribution in [2.75, 3.05) is 6.54 Å². The van der Waals surface area contributed by atoms with Gasteiger partial charge in [-0.3, -0.25) is 4.79 Å². The standard InChI is InChI=1S/C16H17N5O2/c1-3-14-19-15(20-23-14)13-5-4-8-21(13)16(22)12-7-6-11(9-17)10(2)18-12/h6-7,13H,3-5,8H2,1-2H3/t13-/m1/s1. The van der Waals surface area contributed by atoms with Crippen LogP contribution in [-0.2, 0) is 6.42 Å². The summed E-state index contributed by atoms with van der Waals surface area (Å²) in [5.41, 5.74) is 1.37. The number of carbonyl (C=O) groups is 1. The van der Waals surface area contributed by atoms with E-state index in [1.54, 1.807) is 24.0 Å².